The largest absolute Gasteiger partial charge is 0.330 e. The van der Waals surface area contributed by atoms with Crippen LogP contribution < -0.4 is 5.56 Å². The van der Waals surface area contributed by atoms with E-state index >= 15 is 0 Å². The summed E-state index contributed by atoms with van der Waals surface area (Å²) in [5.74, 6) is 0.543. The first-order valence-electron chi connectivity index (χ1n) is 4.97. The standard InChI is InChI=1S/C12H9N3O/c16-11-6-5-9-3-1-2-4-10(9)15(11)12-13-7-8-14-12/h1-8H,(H,13,14). The zero-order chi connectivity index (χ0) is 11.0. The highest BCUT2D eigenvalue weighted by atomic mass is 16.1. The van der Waals surface area contributed by atoms with Gasteiger partial charge in [0, 0.05) is 18.5 Å². The summed E-state index contributed by atoms with van der Waals surface area (Å²) < 4.78 is 1.56. The Hall–Kier alpha value is -2.36. The van der Waals surface area contributed by atoms with Gasteiger partial charge in [0.05, 0.1) is 5.52 Å². The number of nitrogens with zero attached hydrogens (tertiary/aromatic N) is 2. The molecule has 1 aromatic carbocycles. The van der Waals surface area contributed by atoms with Crippen molar-refractivity contribution in [1.29, 1.82) is 0 Å². The third-order valence-electron chi connectivity index (χ3n) is 2.50. The van der Waals surface area contributed by atoms with E-state index in [1.807, 2.05) is 30.3 Å². The van der Waals surface area contributed by atoms with E-state index in [2.05, 4.69) is 9.97 Å². The summed E-state index contributed by atoms with van der Waals surface area (Å²) in [5.41, 5.74) is 0.763. The lowest BCUT2D eigenvalue weighted by Gasteiger charge is -2.05. The van der Waals surface area contributed by atoms with E-state index in [0.29, 0.717) is 5.95 Å². The van der Waals surface area contributed by atoms with E-state index < -0.39 is 0 Å². The van der Waals surface area contributed by atoms with Crippen LogP contribution in [0.4, 0.5) is 0 Å². The van der Waals surface area contributed by atoms with Crippen LogP contribution in [0, 0.1) is 0 Å². The predicted octanol–water partition coefficient (Wildman–Crippen LogP) is 1.71. The lowest BCUT2D eigenvalue weighted by atomic mass is 10.2. The molecule has 16 heavy (non-hydrogen) atoms. The fourth-order valence-electron chi connectivity index (χ4n) is 1.78. The fraction of sp³-hybridized carbons (Fsp3) is 0. The predicted molar refractivity (Wildman–Crippen MR) is 61.7 cm³/mol. The average molecular weight is 211 g/mol. The molecule has 0 radical (unpaired) electrons. The molecule has 0 amide bonds. The van der Waals surface area contributed by atoms with Gasteiger partial charge in [0.2, 0.25) is 5.95 Å². The Labute approximate surface area is 91.2 Å². The molecule has 0 spiro atoms. The van der Waals surface area contributed by atoms with Gasteiger partial charge in [0.25, 0.3) is 5.56 Å². The summed E-state index contributed by atoms with van der Waals surface area (Å²) in [6.45, 7) is 0. The number of para-hydroxylation sites is 1. The van der Waals surface area contributed by atoms with Crippen molar-refractivity contribution < 1.29 is 0 Å². The number of hydrogen-bond donors (Lipinski definition) is 1. The van der Waals surface area contributed by atoms with Gasteiger partial charge in [-0.25, -0.2) is 9.55 Å². The molecule has 2 heterocycles. The lowest BCUT2D eigenvalue weighted by Crippen LogP contribution is -2.18. The molecular formula is C12H9N3O. The van der Waals surface area contributed by atoms with Crippen LogP contribution in [0.15, 0.2) is 53.6 Å². The molecule has 4 nitrogen and oxygen atoms in total. The highest BCUT2D eigenvalue weighted by molar-refractivity contribution is 5.79. The summed E-state index contributed by atoms with van der Waals surface area (Å²) in [7, 11) is 0. The molecule has 3 aromatic rings. The zero-order valence-electron chi connectivity index (χ0n) is 8.42. The number of aromatic amines is 1. The molecule has 78 valence electrons. The first-order chi connectivity index (χ1) is 7.86. The molecule has 0 saturated heterocycles. The maximum Gasteiger partial charge on any atom is 0.257 e. The molecule has 0 unspecified atom stereocenters. The third-order valence-corrected chi connectivity index (χ3v) is 2.50. The Kier molecular flexibility index (Phi) is 1.86. The summed E-state index contributed by atoms with van der Waals surface area (Å²) in [5, 5.41) is 1.01. The molecule has 0 aliphatic carbocycles. The van der Waals surface area contributed by atoms with E-state index in [9.17, 15) is 4.79 Å². The minimum atomic E-state index is -0.0892. The Morgan fingerprint density at radius 3 is 2.81 bits per heavy atom. The van der Waals surface area contributed by atoms with Gasteiger partial charge < -0.3 is 4.98 Å². The summed E-state index contributed by atoms with van der Waals surface area (Å²) in [6.07, 6.45) is 3.33. The number of imidazole rings is 1. The van der Waals surface area contributed by atoms with Gasteiger partial charge in [-0.1, -0.05) is 18.2 Å². The second-order valence-electron chi connectivity index (χ2n) is 3.48. The molecule has 1 N–H and O–H groups in total. The van der Waals surface area contributed by atoms with Gasteiger partial charge in [0.1, 0.15) is 0 Å². The number of fused-ring (bicyclic) bond motifs is 1. The number of benzene rings is 1. The zero-order valence-corrected chi connectivity index (χ0v) is 8.42. The minimum absolute atomic E-state index is 0.0892. The lowest BCUT2D eigenvalue weighted by molar-refractivity contribution is 0.953. The van der Waals surface area contributed by atoms with Crippen LogP contribution in [-0.4, -0.2) is 14.5 Å². The van der Waals surface area contributed by atoms with Crippen LogP contribution in [0.1, 0.15) is 0 Å². The van der Waals surface area contributed by atoms with Gasteiger partial charge >= 0.3 is 0 Å². The van der Waals surface area contributed by atoms with Crippen LogP contribution in [0.3, 0.4) is 0 Å². The van der Waals surface area contributed by atoms with E-state index in [1.54, 1.807) is 23.0 Å². The molecule has 2 aromatic heterocycles. The second-order valence-corrected chi connectivity index (χ2v) is 3.48. The van der Waals surface area contributed by atoms with Crippen LogP contribution in [0.5, 0.6) is 0 Å². The van der Waals surface area contributed by atoms with Crippen molar-refractivity contribution >= 4 is 10.9 Å². The van der Waals surface area contributed by atoms with Crippen LogP contribution >= 0.6 is 0 Å². The molecule has 3 rings (SSSR count). The van der Waals surface area contributed by atoms with Crippen molar-refractivity contribution in [2.45, 2.75) is 0 Å². The SMILES string of the molecule is O=c1ccc2ccccc2n1-c1ncc[nH]1. The van der Waals surface area contributed by atoms with E-state index in [4.69, 9.17) is 0 Å². The van der Waals surface area contributed by atoms with Crippen LogP contribution in [0.2, 0.25) is 0 Å². The molecule has 0 fully saturated rings. The molecule has 0 saturated carbocycles. The molecule has 0 aliphatic rings. The maximum atomic E-state index is 11.8. The minimum Gasteiger partial charge on any atom is -0.330 e. The first kappa shape index (κ1) is 8.91. The number of aromatic nitrogens is 3. The number of hydrogen-bond acceptors (Lipinski definition) is 2. The Balaban J connectivity index is 2.47. The quantitative estimate of drug-likeness (QED) is 0.666. The number of rotatable bonds is 1. The highest BCUT2D eigenvalue weighted by Crippen LogP contribution is 2.13. The number of nitrogens with one attached hydrogen (secondary N) is 1. The topological polar surface area (TPSA) is 50.7 Å². The van der Waals surface area contributed by atoms with Gasteiger partial charge in [-0.15, -0.1) is 0 Å². The molecule has 0 aliphatic heterocycles. The number of pyridine rings is 1. The van der Waals surface area contributed by atoms with Crippen molar-refractivity contribution in [2.24, 2.45) is 0 Å². The Bertz CT molecular complexity index is 683. The summed E-state index contributed by atoms with van der Waals surface area (Å²) in [4.78, 5) is 18.9. The first-order valence-corrected chi connectivity index (χ1v) is 4.97. The summed E-state index contributed by atoms with van der Waals surface area (Å²) in [6, 6.07) is 11.1. The van der Waals surface area contributed by atoms with Crippen molar-refractivity contribution in [2.75, 3.05) is 0 Å². The van der Waals surface area contributed by atoms with Crippen molar-refractivity contribution in [3.63, 3.8) is 0 Å². The van der Waals surface area contributed by atoms with Gasteiger partial charge in [-0.3, -0.25) is 4.79 Å². The van der Waals surface area contributed by atoms with E-state index in [-0.39, 0.29) is 5.56 Å². The van der Waals surface area contributed by atoms with E-state index in [1.165, 1.54) is 0 Å². The molecule has 4 heteroatoms. The van der Waals surface area contributed by atoms with Crippen molar-refractivity contribution in [3.05, 3.63) is 59.1 Å². The smallest absolute Gasteiger partial charge is 0.257 e. The van der Waals surface area contributed by atoms with Crippen molar-refractivity contribution in [3.8, 4) is 5.95 Å². The average Bonchev–Trinajstić information content (AvgIpc) is 2.82. The monoisotopic (exact) mass is 211 g/mol. The third kappa shape index (κ3) is 1.24. The Morgan fingerprint density at radius 2 is 2.00 bits per heavy atom. The van der Waals surface area contributed by atoms with Gasteiger partial charge in [-0.2, -0.15) is 0 Å². The summed E-state index contributed by atoms with van der Waals surface area (Å²) >= 11 is 0. The van der Waals surface area contributed by atoms with Crippen LogP contribution in [0.25, 0.3) is 16.9 Å². The molecular weight excluding hydrogens is 202 g/mol. The second kappa shape index (κ2) is 3.34. The van der Waals surface area contributed by atoms with E-state index in [0.717, 1.165) is 10.9 Å². The van der Waals surface area contributed by atoms with Crippen LogP contribution in [-0.2, 0) is 0 Å². The number of H-pyrrole nitrogens is 1. The molecule has 0 atom stereocenters. The highest BCUT2D eigenvalue weighted by Gasteiger charge is 2.05. The fourth-order valence-corrected chi connectivity index (χ4v) is 1.78. The maximum absolute atomic E-state index is 11.8. The van der Waals surface area contributed by atoms with Gasteiger partial charge in [0.15, 0.2) is 0 Å². The molecule has 0 bridgehead atoms. The van der Waals surface area contributed by atoms with Gasteiger partial charge in [-0.05, 0) is 17.5 Å². The van der Waals surface area contributed by atoms with Crippen molar-refractivity contribution in [1.82, 2.24) is 14.5 Å². The normalized spacial score (nSPS) is 10.8. The Morgan fingerprint density at radius 1 is 1.12 bits per heavy atom.